The summed E-state index contributed by atoms with van der Waals surface area (Å²) in [5, 5.41) is 3.32. The summed E-state index contributed by atoms with van der Waals surface area (Å²) in [7, 11) is 0. The van der Waals surface area contributed by atoms with Crippen molar-refractivity contribution in [2.75, 3.05) is 32.7 Å². The van der Waals surface area contributed by atoms with Gasteiger partial charge in [-0.25, -0.2) is 0 Å². The number of hydrogen-bond acceptors (Lipinski definition) is 3. The van der Waals surface area contributed by atoms with Gasteiger partial charge in [0, 0.05) is 38.8 Å². The second-order valence-corrected chi connectivity index (χ2v) is 4.82. The van der Waals surface area contributed by atoms with Gasteiger partial charge in [-0.05, 0) is 26.7 Å². The van der Waals surface area contributed by atoms with Crippen molar-refractivity contribution in [2.45, 2.75) is 38.8 Å². The van der Waals surface area contributed by atoms with Gasteiger partial charge < -0.3 is 10.2 Å². The minimum absolute atomic E-state index is 0.0580. The van der Waals surface area contributed by atoms with Crippen LogP contribution in [0.2, 0.25) is 0 Å². The fraction of sp³-hybridized carbons (Fsp3) is 0.917. The lowest BCUT2D eigenvalue weighted by Gasteiger charge is -2.34. The molecule has 1 aliphatic heterocycles. The third kappa shape index (κ3) is 2.55. The molecule has 4 nitrogen and oxygen atoms in total. The van der Waals surface area contributed by atoms with Crippen LogP contribution in [0.1, 0.15) is 26.7 Å². The van der Waals surface area contributed by atoms with Gasteiger partial charge in [0.05, 0.1) is 6.04 Å². The fourth-order valence-electron chi connectivity index (χ4n) is 2.45. The van der Waals surface area contributed by atoms with Gasteiger partial charge in [-0.15, -0.1) is 0 Å². The number of carbonyl (C=O) groups is 1. The summed E-state index contributed by atoms with van der Waals surface area (Å²) in [4.78, 5) is 16.7. The standard InChI is InChI=1S/C12H23N3O/c1-3-15(11-4-5-11)12(16)10(2)14-8-6-13-7-9-14/h10-11,13H,3-9H2,1-2H3. The van der Waals surface area contributed by atoms with Crippen LogP contribution in [0.5, 0.6) is 0 Å². The number of rotatable bonds is 4. The molecule has 2 rings (SSSR count). The molecule has 16 heavy (non-hydrogen) atoms. The smallest absolute Gasteiger partial charge is 0.239 e. The van der Waals surface area contributed by atoms with Crippen molar-refractivity contribution in [3.05, 3.63) is 0 Å². The van der Waals surface area contributed by atoms with E-state index in [0.29, 0.717) is 11.9 Å². The highest BCUT2D eigenvalue weighted by Gasteiger charge is 2.35. The lowest BCUT2D eigenvalue weighted by atomic mass is 10.2. The number of carbonyl (C=O) groups excluding carboxylic acids is 1. The quantitative estimate of drug-likeness (QED) is 0.747. The average Bonchev–Trinajstić information content (AvgIpc) is 3.14. The van der Waals surface area contributed by atoms with Gasteiger partial charge in [0.15, 0.2) is 0 Å². The molecule has 92 valence electrons. The zero-order chi connectivity index (χ0) is 11.5. The van der Waals surface area contributed by atoms with Gasteiger partial charge in [0.1, 0.15) is 0 Å². The highest BCUT2D eigenvalue weighted by atomic mass is 16.2. The summed E-state index contributed by atoms with van der Waals surface area (Å²) >= 11 is 0. The van der Waals surface area contributed by atoms with Crippen molar-refractivity contribution in [1.82, 2.24) is 15.1 Å². The molecule has 1 amide bonds. The molecule has 1 saturated heterocycles. The van der Waals surface area contributed by atoms with E-state index in [2.05, 4.69) is 29.0 Å². The maximum absolute atomic E-state index is 12.3. The summed E-state index contributed by atoms with van der Waals surface area (Å²) < 4.78 is 0. The van der Waals surface area contributed by atoms with Crippen molar-refractivity contribution < 1.29 is 4.79 Å². The van der Waals surface area contributed by atoms with E-state index in [4.69, 9.17) is 0 Å². The van der Waals surface area contributed by atoms with E-state index in [1.54, 1.807) is 0 Å². The van der Waals surface area contributed by atoms with Gasteiger partial charge in [-0.1, -0.05) is 0 Å². The lowest BCUT2D eigenvalue weighted by Crippen LogP contribution is -2.53. The zero-order valence-corrected chi connectivity index (χ0v) is 10.4. The molecule has 1 saturated carbocycles. The minimum atomic E-state index is 0.0580. The third-order valence-electron chi connectivity index (χ3n) is 3.67. The summed E-state index contributed by atoms with van der Waals surface area (Å²) in [5.41, 5.74) is 0. The van der Waals surface area contributed by atoms with Crippen LogP contribution in [-0.4, -0.2) is 60.5 Å². The molecule has 0 bridgehead atoms. The van der Waals surface area contributed by atoms with Crippen LogP contribution in [-0.2, 0) is 4.79 Å². The van der Waals surface area contributed by atoms with Crippen molar-refractivity contribution in [2.24, 2.45) is 0 Å². The molecule has 2 fully saturated rings. The van der Waals surface area contributed by atoms with Crippen LogP contribution in [0.25, 0.3) is 0 Å². The predicted molar refractivity (Wildman–Crippen MR) is 64.3 cm³/mol. The van der Waals surface area contributed by atoms with Crippen molar-refractivity contribution in [1.29, 1.82) is 0 Å². The molecule has 4 heteroatoms. The number of piperazine rings is 1. The van der Waals surface area contributed by atoms with E-state index >= 15 is 0 Å². The Morgan fingerprint density at radius 1 is 1.44 bits per heavy atom. The van der Waals surface area contributed by atoms with Gasteiger partial charge in [-0.2, -0.15) is 0 Å². The largest absolute Gasteiger partial charge is 0.339 e. The van der Waals surface area contributed by atoms with E-state index in [1.165, 1.54) is 12.8 Å². The number of hydrogen-bond donors (Lipinski definition) is 1. The molecule has 1 heterocycles. The SMILES string of the molecule is CCN(C(=O)C(C)N1CCNCC1)C1CC1. The second kappa shape index (κ2) is 5.15. The topological polar surface area (TPSA) is 35.6 Å². The molecular weight excluding hydrogens is 202 g/mol. The summed E-state index contributed by atoms with van der Waals surface area (Å²) in [6.07, 6.45) is 2.40. The molecule has 1 N–H and O–H groups in total. The van der Waals surface area contributed by atoms with Gasteiger partial charge in [-0.3, -0.25) is 9.69 Å². The van der Waals surface area contributed by atoms with Gasteiger partial charge >= 0.3 is 0 Å². The number of nitrogens with one attached hydrogen (secondary N) is 1. The Balaban J connectivity index is 1.91. The van der Waals surface area contributed by atoms with Crippen molar-refractivity contribution in [3.8, 4) is 0 Å². The van der Waals surface area contributed by atoms with E-state index in [1.807, 2.05) is 0 Å². The first kappa shape index (κ1) is 11.9. The molecule has 0 aromatic heterocycles. The molecule has 2 aliphatic rings. The Morgan fingerprint density at radius 2 is 2.06 bits per heavy atom. The average molecular weight is 225 g/mol. The molecule has 1 atom stereocenters. The Bertz CT molecular complexity index is 247. The molecule has 0 aromatic carbocycles. The minimum Gasteiger partial charge on any atom is -0.339 e. The van der Waals surface area contributed by atoms with Crippen LogP contribution in [0.4, 0.5) is 0 Å². The number of likely N-dealkylation sites (N-methyl/N-ethyl adjacent to an activating group) is 1. The third-order valence-corrected chi connectivity index (χ3v) is 3.67. The first-order valence-electron chi connectivity index (χ1n) is 6.49. The fourth-order valence-corrected chi connectivity index (χ4v) is 2.45. The maximum Gasteiger partial charge on any atom is 0.239 e. The second-order valence-electron chi connectivity index (χ2n) is 4.82. The zero-order valence-electron chi connectivity index (χ0n) is 10.4. The van der Waals surface area contributed by atoms with E-state index in [-0.39, 0.29) is 6.04 Å². The molecule has 1 unspecified atom stereocenters. The predicted octanol–water partition coefficient (Wildman–Crippen LogP) is 0.291. The molecule has 1 aliphatic carbocycles. The van der Waals surface area contributed by atoms with E-state index in [0.717, 1.165) is 32.7 Å². The lowest BCUT2D eigenvalue weighted by molar-refractivity contribution is -0.137. The summed E-state index contributed by atoms with van der Waals surface area (Å²) in [6.45, 7) is 9.00. The van der Waals surface area contributed by atoms with Crippen molar-refractivity contribution >= 4 is 5.91 Å². The van der Waals surface area contributed by atoms with Gasteiger partial charge in [0.25, 0.3) is 0 Å². The highest BCUT2D eigenvalue weighted by Crippen LogP contribution is 2.27. The molecule has 0 aromatic rings. The Labute approximate surface area is 98.0 Å². The number of nitrogens with zero attached hydrogens (tertiary/aromatic N) is 2. The summed E-state index contributed by atoms with van der Waals surface area (Å²) in [6, 6.07) is 0.602. The van der Waals surface area contributed by atoms with Crippen LogP contribution in [0, 0.1) is 0 Å². The molecular formula is C12H23N3O. The van der Waals surface area contributed by atoms with Crippen LogP contribution in [0.3, 0.4) is 0 Å². The Hall–Kier alpha value is -0.610. The monoisotopic (exact) mass is 225 g/mol. The van der Waals surface area contributed by atoms with Crippen LogP contribution in [0.15, 0.2) is 0 Å². The Morgan fingerprint density at radius 3 is 2.56 bits per heavy atom. The molecule has 0 spiro atoms. The first-order chi connectivity index (χ1) is 7.74. The summed E-state index contributed by atoms with van der Waals surface area (Å²) in [5.74, 6) is 0.326. The van der Waals surface area contributed by atoms with Crippen molar-refractivity contribution in [3.63, 3.8) is 0 Å². The van der Waals surface area contributed by atoms with Crippen LogP contribution < -0.4 is 5.32 Å². The normalized spacial score (nSPS) is 24.1. The maximum atomic E-state index is 12.3. The first-order valence-corrected chi connectivity index (χ1v) is 6.49. The Kier molecular flexibility index (Phi) is 3.82. The van der Waals surface area contributed by atoms with Crippen LogP contribution >= 0.6 is 0 Å². The highest BCUT2D eigenvalue weighted by molar-refractivity contribution is 5.82. The van der Waals surface area contributed by atoms with E-state index < -0.39 is 0 Å². The number of amides is 1. The molecule has 0 radical (unpaired) electrons. The van der Waals surface area contributed by atoms with E-state index in [9.17, 15) is 4.79 Å². The van der Waals surface area contributed by atoms with Gasteiger partial charge in [0.2, 0.25) is 5.91 Å².